The minimum absolute atomic E-state index is 0.112. The van der Waals surface area contributed by atoms with Gasteiger partial charge < -0.3 is 14.9 Å². The second kappa shape index (κ2) is 11.6. The van der Waals surface area contributed by atoms with E-state index in [9.17, 15) is 18.3 Å². The lowest BCUT2D eigenvalue weighted by atomic mass is 9.70. The Hall–Kier alpha value is -2.78. The second-order valence-electron chi connectivity index (χ2n) is 7.19. The predicted octanol–water partition coefficient (Wildman–Crippen LogP) is 1.43. The standard InChI is InChI=1S/C23H27NO6S/c1-3-5-16-30-20-10-8-18(9-11-20)21(31(28)29)23(22(26)27)12-14-24(13-6-7-15-25)19(4-2)17-23/h8-11,19,25H,4,12-17H2,1-2H3,(H,26,27). The fourth-order valence-electron chi connectivity index (χ4n) is 3.90. The van der Waals surface area contributed by atoms with Crippen LogP contribution in [0.25, 0.3) is 0 Å². The maximum Gasteiger partial charge on any atom is 0.315 e. The van der Waals surface area contributed by atoms with Crippen molar-refractivity contribution in [2.24, 2.45) is 5.41 Å². The molecule has 0 radical (unpaired) electrons. The van der Waals surface area contributed by atoms with E-state index in [1.807, 2.05) is 11.8 Å². The van der Waals surface area contributed by atoms with Crippen LogP contribution in [0.5, 0.6) is 5.75 Å². The fourth-order valence-corrected chi connectivity index (χ4v) is 4.82. The molecule has 1 aromatic carbocycles. The van der Waals surface area contributed by atoms with Crippen molar-refractivity contribution in [2.45, 2.75) is 39.2 Å². The number of ether oxygens (including phenoxy) is 1. The molecule has 2 atom stereocenters. The van der Waals surface area contributed by atoms with Crippen LogP contribution in [0, 0.1) is 29.1 Å². The van der Waals surface area contributed by atoms with Crippen molar-refractivity contribution in [3.8, 4) is 29.4 Å². The lowest BCUT2D eigenvalue weighted by molar-refractivity contribution is -0.147. The summed E-state index contributed by atoms with van der Waals surface area (Å²) in [6.07, 6.45) is 0.959. The number of carboxylic acid groups (broad SMARTS) is 1. The van der Waals surface area contributed by atoms with Gasteiger partial charge in [0.25, 0.3) is 0 Å². The van der Waals surface area contributed by atoms with Gasteiger partial charge in [-0.2, -0.15) is 8.42 Å². The number of carbonyl (C=O) groups is 1. The Labute approximate surface area is 184 Å². The van der Waals surface area contributed by atoms with Crippen molar-refractivity contribution >= 4 is 21.1 Å². The number of aliphatic hydroxyl groups is 1. The summed E-state index contributed by atoms with van der Waals surface area (Å²) in [6.45, 7) is 4.42. The zero-order valence-corrected chi connectivity index (χ0v) is 18.5. The Bertz CT molecular complexity index is 1030. The summed E-state index contributed by atoms with van der Waals surface area (Å²) in [5.41, 5.74) is -1.18. The van der Waals surface area contributed by atoms with E-state index in [1.54, 1.807) is 31.2 Å². The van der Waals surface area contributed by atoms with E-state index in [4.69, 9.17) is 9.84 Å². The summed E-state index contributed by atoms with van der Waals surface area (Å²) in [5, 5.41) is 19.0. The molecule has 2 unspecified atom stereocenters. The number of likely N-dealkylation sites (tertiary alicyclic amines) is 1. The Balaban J connectivity index is 2.39. The molecule has 1 heterocycles. The lowest BCUT2D eigenvalue weighted by Gasteiger charge is -2.43. The van der Waals surface area contributed by atoms with Gasteiger partial charge in [-0.05, 0) is 56.0 Å². The number of hydrogen-bond acceptors (Lipinski definition) is 6. The summed E-state index contributed by atoms with van der Waals surface area (Å²) in [5.74, 6) is 10.3. The fraction of sp³-hybridized carbons (Fsp3) is 0.478. The van der Waals surface area contributed by atoms with Crippen molar-refractivity contribution in [1.29, 1.82) is 0 Å². The summed E-state index contributed by atoms with van der Waals surface area (Å²) in [7, 11) is -2.72. The second-order valence-corrected chi connectivity index (χ2v) is 8.07. The van der Waals surface area contributed by atoms with Crippen LogP contribution in [-0.4, -0.2) is 66.7 Å². The highest BCUT2D eigenvalue weighted by Crippen LogP contribution is 2.39. The topological polar surface area (TPSA) is 104 Å². The third kappa shape index (κ3) is 5.89. The molecule has 1 fully saturated rings. The highest BCUT2D eigenvalue weighted by Gasteiger charge is 2.50. The van der Waals surface area contributed by atoms with E-state index < -0.39 is 21.7 Å². The quantitative estimate of drug-likeness (QED) is 0.372. The minimum atomic E-state index is -2.72. The van der Waals surface area contributed by atoms with Crippen LogP contribution < -0.4 is 4.74 Å². The number of rotatable bonds is 7. The van der Waals surface area contributed by atoms with E-state index >= 15 is 0 Å². The minimum Gasteiger partial charge on any atom is -0.481 e. The average Bonchev–Trinajstić information content (AvgIpc) is 2.75. The van der Waals surface area contributed by atoms with Crippen LogP contribution in [0.4, 0.5) is 0 Å². The number of piperidine rings is 1. The van der Waals surface area contributed by atoms with E-state index in [-0.39, 0.29) is 37.0 Å². The van der Waals surface area contributed by atoms with E-state index in [0.29, 0.717) is 30.8 Å². The smallest absolute Gasteiger partial charge is 0.315 e. The van der Waals surface area contributed by atoms with Gasteiger partial charge in [0.05, 0.1) is 11.4 Å². The first-order valence-electron chi connectivity index (χ1n) is 10.0. The summed E-state index contributed by atoms with van der Waals surface area (Å²) in [6, 6.07) is 6.24. The van der Waals surface area contributed by atoms with Crippen molar-refractivity contribution in [1.82, 2.24) is 4.90 Å². The van der Waals surface area contributed by atoms with Crippen molar-refractivity contribution in [3.63, 3.8) is 0 Å². The van der Waals surface area contributed by atoms with Crippen LogP contribution >= 0.6 is 0 Å². The Morgan fingerprint density at radius 1 is 1.26 bits per heavy atom. The molecular formula is C23H27NO6S. The van der Waals surface area contributed by atoms with Gasteiger partial charge in [-0.25, -0.2) is 0 Å². The van der Waals surface area contributed by atoms with Crippen LogP contribution in [-0.2, 0) is 15.1 Å². The first kappa shape index (κ1) is 24.5. The van der Waals surface area contributed by atoms with Crippen LogP contribution in [0.1, 0.15) is 38.7 Å². The number of benzene rings is 1. The van der Waals surface area contributed by atoms with Crippen LogP contribution in [0.3, 0.4) is 0 Å². The molecule has 8 heteroatoms. The van der Waals surface area contributed by atoms with Gasteiger partial charge in [-0.1, -0.05) is 24.7 Å². The molecule has 1 saturated heterocycles. The van der Waals surface area contributed by atoms with Gasteiger partial charge in [0.1, 0.15) is 24.4 Å². The Morgan fingerprint density at radius 2 is 1.97 bits per heavy atom. The van der Waals surface area contributed by atoms with E-state index in [1.165, 1.54) is 0 Å². The number of aliphatic carboxylic acids is 1. The van der Waals surface area contributed by atoms with Gasteiger partial charge in [-0.3, -0.25) is 9.69 Å². The SMILES string of the molecule is CC#CCOc1ccc(C(=S(=O)=O)C2(C(=O)O)CCN(CC#CCO)C(CC)C2)cc1. The molecule has 0 amide bonds. The molecule has 1 aromatic rings. The van der Waals surface area contributed by atoms with Crippen LogP contribution in [0.15, 0.2) is 24.3 Å². The predicted molar refractivity (Wildman–Crippen MR) is 118 cm³/mol. The van der Waals surface area contributed by atoms with Gasteiger partial charge in [0.15, 0.2) is 0 Å². The largest absolute Gasteiger partial charge is 0.481 e. The summed E-state index contributed by atoms with van der Waals surface area (Å²) < 4.78 is 30.0. The lowest BCUT2D eigenvalue weighted by Crippen LogP contribution is -2.54. The highest BCUT2D eigenvalue weighted by molar-refractivity contribution is 7.73. The highest BCUT2D eigenvalue weighted by atomic mass is 32.2. The van der Waals surface area contributed by atoms with E-state index in [0.717, 1.165) is 0 Å². The van der Waals surface area contributed by atoms with Gasteiger partial charge >= 0.3 is 5.97 Å². The molecule has 0 aliphatic carbocycles. The molecule has 0 saturated carbocycles. The van der Waals surface area contributed by atoms with Crippen molar-refractivity contribution in [2.75, 3.05) is 26.3 Å². The Kier molecular flexibility index (Phi) is 9.14. The summed E-state index contributed by atoms with van der Waals surface area (Å²) >= 11 is 0. The molecule has 0 aromatic heterocycles. The first-order valence-corrected chi connectivity index (χ1v) is 11.1. The van der Waals surface area contributed by atoms with Crippen LogP contribution in [0.2, 0.25) is 0 Å². The van der Waals surface area contributed by atoms with Gasteiger partial charge in [0.2, 0.25) is 10.3 Å². The molecule has 0 bridgehead atoms. The molecule has 1 aliphatic rings. The molecule has 2 rings (SSSR count). The molecule has 1 aliphatic heterocycles. The third-order valence-corrected chi connectivity index (χ3v) is 6.46. The molecule has 166 valence electrons. The third-order valence-electron chi connectivity index (χ3n) is 5.50. The van der Waals surface area contributed by atoms with Gasteiger partial charge in [0, 0.05) is 12.6 Å². The first-order chi connectivity index (χ1) is 14.9. The number of carboxylic acids is 1. The van der Waals surface area contributed by atoms with E-state index in [2.05, 4.69) is 23.7 Å². The summed E-state index contributed by atoms with van der Waals surface area (Å²) in [4.78, 5) is 14.4. The van der Waals surface area contributed by atoms with Gasteiger partial charge in [-0.15, -0.1) is 5.92 Å². The number of nitrogens with zero attached hydrogens (tertiary/aromatic N) is 1. The Morgan fingerprint density at radius 3 is 2.52 bits per heavy atom. The number of aliphatic hydroxyl groups excluding tert-OH is 1. The molecule has 31 heavy (non-hydrogen) atoms. The number of hydrogen-bond donors (Lipinski definition) is 2. The zero-order chi connectivity index (χ0) is 22.9. The maximum atomic E-state index is 12.5. The average molecular weight is 446 g/mol. The maximum absolute atomic E-state index is 12.5. The molecular weight excluding hydrogens is 418 g/mol. The molecule has 2 N–H and O–H groups in total. The zero-order valence-electron chi connectivity index (χ0n) is 17.7. The monoisotopic (exact) mass is 445 g/mol. The van der Waals surface area contributed by atoms with Crippen molar-refractivity contribution in [3.05, 3.63) is 29.8 Å². The molecule has 0 spiro atoms. The molecule has 7 nitrogen and oxygen atoms in total. The van der Waals surface area contributed by atoms with Crippen molar-refractivity contribution < 1.29 is 28.2 Å². The normalized spacial score (nSPS) is 20.5.